The first kappa shape index (κ1) is 16.7. The lowest BCUT2D eigenvalue weighted by Crippen LogP contribution is -2.35. The number of anilines is 1. The molecule has 4 rings (SSSR count). The van der Waals surface area contributed by atoms with Gasteiger partial charge in [-0.15, -0.1) is 11.8 Å². The van der Waals surface area contributed by atoms with Crippen molar-refractivity contribution >= 4 is 23.4 Å². The van der Waals surface area contributed by atoms with Crippen molar-refractivity contribution < 1.29 is 9.53 Å². The van der Waals surface area contributed by atoms with Crippen LogP contribution in [0.25, 0.3) is 0 Å². The smallest absolute Gasteiger partial charge is 0.258 e. The molecule has 0 N–H and O–H groups in total. The third-order valence-corrected chi connectivity index (χ3v) is 5.37. The van der Waals surface area contributed by atoms with Gasteiger partial charge in [0.1, 0.15) is 12.4 Å². The minimum Gasteiger partial charge on any atom is -0.489 e. The second-order valence-corrected chi connectivity index (χ2v) is 7.21. The van der Waals surface area contributed by atoms with E-state index in [4.69, 9.17) is 4.74 Å². The molecule has 0 atom stereocenters. The molecule has 0 saturated carbocycles. The van der Waals surface area contributed by atoms with Crippen molar-refractivity contribution in [3.05, 3.63) is 90.0 Å². The van der Waals surface area contributed by atoms with Crippen LogP contribution in [0.2, 0.25) is 0 Å². The summed E-state index contributed by atoms with van der Waals surface area (Å²) < 4.78 is 5.76. The fourth-order valence-corrected chi connectivity index (χ4v) is 3.96. The number of thioether (sulfide) groups is 1. The van der Waals surface area contributed by atoms with Gasteiger partial charge < -0.3 is 9.64 Å². The molecule has 26 heavy (non-hydrogen) atoms. The molecule has 3 nitrogen and oxygen atoms in total. The van der Waals surface area contributed by atoms with Gasteiger partial charge in [0.05, 0.1) is 5.69 Å². The molecule has 0 aromatic heterocycles. The molecule has 1 aliphatic rings. The van der Waals surface area contributed by atoms with Crippen LogP contribution in [-0.4, -0.2) is 18.2 Å². The molecule has 0 unspecified atom stereocenters. The van der Waals surface area contributed by atoms with E-state index < -0.39 is 0 Å². The van der Waals surface area contributed by atoms with Crippen LogP contribution in [0.1, 0.15) is 15.9 Å². The average molecular weight is 361 g/mol. The van der Waals surface area contributed by atoms with Gasteiger partial charge in [-0.3, -0.25) is 4.79 Å². The van der Waals surface area contributed by atoms with E-state index in [1.165, 1.54) is 4.90 Å². The second-order valence-electron chi connectivity index (χ2n) is 6.07. The van der Waals surface area contributed by atoms with Gasteiger partial charge in [-0.2, -0.15) is 0 Å². The molecule has 0 spiro atoms. The number of hydrogen-bond acceptors (Lipinski definition) is 3. The molecule has 0 bridgehead atoms. The second kappa shape index (κ2) is 7.67. The third kappa shape index (κ3) is 3.60. The van der Waals surface area contributed by atoms with Gasteiger partial charge in [0.25, 0.3) is 5.91 Å². The van der Waals surface area contributed by atoms with E-state index in [1.54, 1.807) is 11.8 Å². The fourth-order valence-electron chi connectivity index (χ4n) is 2.96. The lowest BCUT2D eigenvalue weighted by Gasteiger charge is -2.29. The van der Waals surface area contributed by atoms with E-state index in [-0.39, 0.29) is 5.91 Å². The Morgan fingerprint density at radius 1 is 0.923 bits per heavy atom. The largest absolute Gasteiger partial charge is 0.489 e. The van der Waals surface area contributed by atoms with E-state index in [1.807, 2.05) is 77.7 Å². The summed E-state index contributed by atoms with van der Waals surface area (Å²) in [4.78, 5) is 16.0. The van der Waals surface area contributed by atoms with E-state index >= 15 is 0 Å². The van der Waals surface area contributed by atoms with Gasteiger partial charge in [0.2, 0.25) is 0 Å². The predicted molar refractivity (Wildman–Crippen MR) is 106 cm³/mol. The average Bonchev–Trinajstić information content (AvgIpc) is 2.72. The first-order valence-corrected chi connectivity index (χ1v) is 9.60. The highest BCUT2D eigenvalue weighted by Crippen LogP contribution is 2.35. The summed E-state index contributed by atoms with van der Waals surface area (Å²) in [6, 6.07) is 25.5. The van der Waals surface area contributed by atoms with Gasteiger partial charge in [-0.25, -0.2) is 0 Å². The highest BCUT2D eigenvalue weighted by Gasteiger charge is 2.23. The number of para-hydroxylation sites is 2. The van der Waals surface area contributed by atoms with Crippen LogP contribution in [0.5, 0.6) is 5.75 Å². The van der Waals surface area contributed by atoms with E-state index in [9.17, 15) is 4.79 Å². The predicted octanol–water partition coefficient (Wildman–Crippen LogP) is 5.02. The minimum absolute atomic E-state index is 0.0493. The number of carbonyl (C=O) groups is 1. The molecule has 0 radical (unpaired) electrons. The standard InChI is InChI=1S/C22H19NO2S/c24-22(23-14-15-26-21-9-5-4-8-20(21)23)18-12-10-17(11-13-18)16-25-19-6-2-1-3-7-19/h1-13H,14-16H2. The molecule has 0 saturated heterocycles. The SMILES string of the molecule is O=C(c1ccc(COc2ccccc2)cc1)N1CCSc2ccccc21. The number of carbonyl (C=O) groups excluding carboxylic acids is 1. The van der Waals surface area contributed by atoms with Crippen LogP contribution in [0, 0.1) is 0 Å². The molecule has 130 valence electrons. The zero-order valence-electron chi connectivity index (χ0n) is 14.3. The number of benzene rings is 3. The van der Waals surface area contributed by atoms with Crippen molar-refractivity contribution in [1.82, 2.24) is 0 Å². The van der Waals surface area contributed by atoms with Crippen LogP contribution in [-0.2, 0) is 6.61 Å². The van der Waals surface area contributed by atoms with Crippen molar-refractivity contribution in [2.75, 3.05) is 17.2 Å². The van der Waals surface area contributed by atoms with Crippen LogP contribution in [0.3, 0.4) is 0 Å². The van der Waals surface area contributed by atoms with Gasteiger partial charge in [-0.1, -0.05) is 42.5 Å². The summed E-state index contributed by atoms with van der Waals surface area (Å²) in [5, 5.41) is 0. The Balaban J connectivity index is 1.46. The molecule has 0 aliphatic carbocycles. The Labute approximate surface area is 157 Å². The minimum atomic E-state index is 0.0493. The first-order chi connectivity index (χ1) is 12.8. The first-order valence-electron chi connectivity index (χ1n) is 8.62. The third-order valence-electron chi connectivity index (χ3n) is 4.32. The number of hydrogen-bond donors (Lipinski definition) is 0. The molecule has 1 heterocycles. The highest BCUT2D eigenvalue weighted by molar-refractivity contribution is 7.99. The lowest BCUT2D eigenvalue weighted by molar-refractivity contribution is 0.0987. The number of ether oxygens (including phenoxy) is 1. The van der Waals surface area contributed by atoms with Crippen molar-refractivity contribution in [1.29, 1.82) is 0 Å². The Kier molecular flexibility index (Phi) is 4.93. The number of nitrogens with zero attached hydrogens (tertiary/aromatic N) is 1. The highest BCUT2D eigenvalue weighted by atomic mass is 32.2. The van der Waals surface area contributed by atoms with Crippen molar-refractivity contribution in [3.8, 4) is 5.75 Å². The maximum atomic E-state index is 12.9. The summed E-state index contributed by atoms with van der Waals surface area (Å²) in [5.74, 6) is 1.81. The number of rotatable bonds is 4. The topological polar surface area (TPSA) is 29.5 Å². The van der Waals surface area contributed by atoms with Crippen LogP contribution >= 0.6 is 11.8 Å². The van der Waals surface area contributed by atoms with Crippen molar-refractivity contribution in [3.63, 3.8) is 0 Å². The van der Waals surface area contributed by atoms with E-state index in [2.05, 4.69) is 6.07 Å². The summed E-state index contributed by atoms with van der Waals surface area (Å²) in [6.07, 6.45) is 0. The molecule has 4 heteroatoms. The Morgan fingerprint density at radius 3 is 2.46 bits per heavy atom. The fraction of sp³-hybridized carbons (Fsp3) is 0.136. The monoisotopic (exact) mass is 361 g/mol. The van der Waals surface area contributed by atoms with Crippen molar-refractivity contribution in [2.45, 2.75) is 11.5 Å². The number of amides is 1. The van der Waals surface area contributed by atoms with Gasteiger partial charge in [0.15, 0.2) is 0 Å². The van der Waals surface area contributed by atoms with Crippen molar-refractivity contribution in [2.24, 2.45) is 0 Å². The van der Waals surface area contributed by atoms with Gasteiger partial charge in [-0.05, 0) is 42.0 Å². The van der Waals surface area contributed by atoms with Crippen LogP contribution in [0.15, 0.2) is 83.8 Å². The summed E-state index contributed by atoms with van der Waals surface area (Å²) >= 11 is 1.80. The quantitative estimate of drug-likeness (QED) is 0.654. The zero-order valence-corrected chi connectivity index (χ0v) is 15.1. The summed E-state index contributed by atoms with van der Waals surface area (Å²) in [7, 11) is 0. The molecule has 1 amide bonds. The Morgan fingerprint density at radius 2 is 1.65 bits per heavy atom. The maximum absolute atomic E-state index is 12.9. The summed E-state index contributed by atoms with van der Waals surface area (Å²) in [6.45, 7) is 1.22. The van der Waals surface area contributed by atoms with Crippen LogP contribution < -0.4 is 9.64 Å². The van der Waals surface area contributed by atoms with Crippen LogP contribution in [0.4, 0.5) is 5.69 Å². The maximum Gasteiger partial charge on any atom is 0.258 e. The summed E-state index contributed by atoms with van der Waals surface area (Å²) in [5.41, 5.74) is 2.75. The molecule has 0 fully saturated rings. The molecule has 3 aromatic carbocycles. The Bertz CT molecular complexity index is 894. The molecule has 3 aromatic rings. The van der Waals surface area contributed by atoms with Gasteiger partial charge >= 0.3 is 0 Å². The lowest BCUT2D eigenvalue weighted by atomic mass is 10.1. The van der Waals surface area contributed by atoms with E-state index in [0.717, 1.165) is 29.3 Å². The molecular weight excluding hydrogens is 342 g/mol. The Hall–Kier alpha value is -2.72. The molecule has 1 aliphatic heterocycles. The zero-order chi connectivity index (χ0) is 17.8. The number of fused-ring (bicyclic) bond motifs is 1. The normalized spacial score (nSPS) is 13.2. The van der Waals surface area contributed by atoms with Gasteiger partial charge in [0, 0.05) is 22.8 Å². The van der Waals surface area contributed by atoms with E-state index in [0.29, 0.717) is 12.2 Å². The molecular formula is C22H19NO2S.